The van der Waals surface area contributed by atoms with Gasteiger partial charge in [0.2, 0.25) is 0 Å². The van der Waals surface area contributed by atoms with Crippen LogP contribution in [0.5, 0.6) is 0 Å². The molecular formula is C15H15N3. The maximum atomic E-state index is 4.29. The van der Waals surface area contributed by atoms with Crippen molar-refractivity contribution in [2.45, 2.75) is 13.0 Å². The molecule has 0 fully saturated rings. The Morgan fingerprint density at radius 3 is 2.78 bits per heavy atom. The number of hydrogen-bond acceptors (Lipinski definition) is 2. The standard InChI is InChI=1S/C15H15N3/c1-11(12-5-3-2-4-6-12)18-14-8-10-17-15-13(14)7-9-16-15/h2-11H,1H3,(H2,16,17,18). The molecule has 0 radical (unpaired) electrons. The maximum absolute atomic E-state index is 4.29. The van der Waals surface area contributed by atoms with Crippen LogP contribution >= 0.6 is 0 Å². The van der Waals surface area contributed by atoms with Gasteiger partial charge in [-0.05, 0) is 24.6 Å². The van der Waals surface area contributed by atoms with E-state index in [0.717, 1.165) is 16.7 Å². The number of rotatable bonds is 3. The number of aromatic nitrogens is 2. The summed E-state index contributed by atoms with van der Waals surface area (Å²) in [5.41, 5.74) is 3.30. The van der Waals surface area contributed by atoms with Crippen molar-refractivity contribution >= 4 is 16.7 Å². The monoisotopic (exact) mass is 237 g/mol. The highest BCUT2D eigenvalue weighted by atomic mass is 14.9. The van der Waals surface area contributed by atoms with Crippen LogP contribution in [0.2, 0.25) is 0 Å². The van der Waals surface area contributed by atoms with Crippen LogP contribution < -0.4 is 5.32 Å². The molecule has 1 atom stereocenters. The van der Waals surface area contributed by atoms with Gasteiger partial charge in [0.05, 0.1) is 0 Å². The molecule has 0 saturated carbocycles. The molecule has 3 heteroatoms. The first-order valence-electron chi connectivity index (χ1n) is 6.08. The third-order valence-electron chi connectivity index (χ3n) is 3.13. The van der Waals surface area contributed by atoms with Gasteiger partial charge in [0.25, 0.3) is 0 Å². The summed E-state index contributed by atoms with van der Waals surface area (Å²) in [6.07, 6.45) is 3.73. The van der Waals surface area contributed by atoms with E-state index in [4.69, 9.17) is 0 Å². The molecule has 1 unspecified atom stereocenters. The van der Waals surface area contributed by atoms with Gasteiger partial charge in [-0.1, -0.05) is 30.3 Å². The number of nitrogens with one attached hydrogen (secondary N) is 2. The van der Waals surface area contributed by atoms with Crippen LogP contribution in [0.4, 0.5) is 5.69 Å². The van der Waals surface area contributed by atoms with Crippen LogP contribution in [0.3, 0.4) is 0 Å². The summed E-state index contributed by atoms with van der Waals surface area (Å²) in [7, 11) is 0. The fourth-order valence-electron chi connectivity index (χ4n) is 2.15. The van der Waals surface area contributed by atoms with Crippen molar-refractivity contribution in [1.82, 2.24) is 9.97 Å². The Morgan fingerprint density at radius 2 is 1.94 bits per heavy atom. The van der Waals surface area contributed by atoms with Gasteiger partial charge in [-0.2, -0.15) is 0 Å². The molecule has 2 aromatic heterocycles. The molecule has 3 aromatic rings. The van der Waals surface area contributed by atoms with Crippen molar-refractivity contribution in [2.24, 2.45) is 0 Å². The SMILES string of the molecule is CC(Nc1ccnc2[nH]ccc12)c1ccccc1. The van der Waals surface area contributed by atoms with Gasteiger partial charge in [-0.3, -0.25) is 0 Å². The molecule has 0 aliphatic carbocycles. The smallest absolute Gasteiger partial charge is 0.139 e. The van der Waals surface area contributed by atoms with Crippen molar-refractivity contribution in [3.05, 3.63) is 60.4 Å². The van der Waals surface area contributed by atoms with Crippen molar-refractivity contribution < 1.29 is 0 Å². The van der Waals surface area contributed by atoms with Crippen molar-refractivity contribution in [1.29, 1.82) is 0 Å². The predicted molar refractivity (Wildman–Crippen MR) is 74.6 cm³/mol. The first kappa shape index (κ1) is 10.8. The second-order valence-electron chi connectivity index (χ2n) is 4.38. The van der Waals surface area contributed by atoms with E-state index < -0.39 is 0 Å². The Labute approximate surface area is 106 Å². The number of H-pyrrole nitrogens is 1. The zero-order valence-electron chi connectivity index (χ0n) is 10.2. The van der Waals surface area contributed by atoms with E-state index in [1.165, 1.54) is 5.56 Å². The van der Waals surface area contributed by atoms with E-state index in [9.17, 15) is 0 Å². The Kier molecular flexibility index (Phi) is 2.73. The first-order chi connectivity index (χ1) is 8.84. The molecule has 0 amide bonds. The molecule has 0 spiro atoms. The van der Waals surface area contributed by atoms with E-state index in [1.54, 1.807) is 0 Å². The molecule has 18 heavy (non-hydrogen) atoms. The van der Waals surface area contributed by atoms with Crippen LogP contribution in [-0.4, -0.2) is 9.97 Å². The number of pyridine rings is 1. The van der Waals surface area contributed by atoms with E-state index >= 15 is 0 Å². The van der Waals surface area contributed by atoms with Gasteiger partial charge in [0, 0.05) is 29.5 Å². The highest BCUT2D eigenvalue weighted by molar-refractivity contribution is 5.89. The van der Waals surface area contributed by atoms with Gasteiger partial charge < -0.3 is 10.3 Å². The number of anilines is 1. The van der Waals surface area contributed by atoms with Gasteiger partial charge in [-0.25, -0.2) is 4.98 Å². The zero-order valence-corrected chi connectivity index (χ0v) is 10.2. The van der Waals surface area contributed by atoms with Crippen molar-refractivity contribution in [2.75, 3.05) is 5.32 Å². The third-order valence-corrected chi connectivity index (χ3v) is 3.13. The molecule has 0 saturated heterocycles. The number of nitrogens with zero attached hydrogens (tertiary/aromatic N) is 1. The molecule has 2 N–H and O–H groups in total. The number of fused-ring (bicyclic) bond motifs is 1. The van der Waals surface area contributed by atoms with Crippen molar-refractivity contribution in [3.8, 4) is 0 Å². The summed E-state index contributed by atoms with van der Waals surface area (Å²) in [6, 6.07) is 14.7. The number of hydrogen-bond donors (Lipinski definition) is 2. The van der Waals surface area contributed by atoms with Gasteiger partial charge in [0.1, 0.15) is 5.65 Å². The van der Waals surface area contributed by atoms with Crippen molar-refractivity contribution in [3.63, 3.8) is 0 Å². The average Bonchev–Trinajstić information content (AvgIpc) is 2.89. The molecule has 1 aromatic carbocycles. The second kappa shape index (κ2) is 4.53. The lowest BCUT2D eigenvalue weighted by atomic mass is 10.1. The molecule has 90 valence electrons. The topological polar surface area (TPSA) is 40.7 Å². The van der Waals surface area contributed by atoms with E-state index in [0.29, 0.717) is 0 Å². The molecule has 3 rings (SSSR count). The van der Waals surface area contributed by atoms with Crippen LogP contribution in [0, 0.1) is 0 Å². The normalized spacial score (nSPS) is 12.5. The fourth-order valence-corrected chi connectivity index (χ4v) is 2.15. The summed E-state index contributed by atoms with van der Waals surface area (Å²) in [4.78, 5) is 7.41. The first-order valence-corrected chi connectivity index (χ1v) is 6.08. The second-order valence-corrected chi connectivity index (χ2v) is 4.38. The van der Waals surface area contributed by atoms with Crippen LogP contribution in [0.15, 0.2) is 54.9 Å². The van der Waals surface area contributed by atoms with Crippen LogP contribution in [0.1, 0.15) is 18.5 Å². The Hall–Kier alpha value is -2.29. The molecule has 0 aliphatic heterocycles. The van der Waals surface area contributed by atoms with Gasteiger partial charge in [0.15, 0.2) is 0 Å². The van der Waals surface area contributed by atoms with E-state index in [-0.39, 0.29) is 6.04 Å². The highest BCUT2D eigenvalue weighted by Gasteiger charge is 2.07. The fraction of sp³-hybridized carbons (Fsp3) is 0.133. The lowest BCUT2D eigenvalue weighted by Gasteiger charge is -2.16. The number of aromatic amines is 1. The molecule has 0 bridgehead atoms. The Balaban J connectivity index is 1.91. The lowest BCUT2D eigenvalue weighted by Crippen LogP contribution is -2.06. The third kappa shape index (κ3) is 1.95. The highest BCUT2D eigenvalue weighted by Crippen LogP contribution is 2.25. The van der Waals surface area contributed by atoms with E-state index in [2.05, 4.69) is 46.5 Å². The lowest BCUT2D eigenvalue weighted by molar-refractivity contribution is 0.886. The van der Waals surface area contributed by atoms with E-state index in [1.807, 2.05) is 30.6 Å². The largest absolute Gasteiger partial charge is 0.378 e. The predicted octanol–water partition coefficient (Wildman–Crippen LogP) is 3.74. The molecule has 2 heterocycles. The maximum Gasteiger partial charge on any atom is 0.139 e. The summed E-state index contributed by atoms with van der Waals surface area (Å²) >= 11 is 0. The number of benzene rings is 1. The molecule has 0 aliphatic rings. The summed E-state index contributed by atoms with van der Waals surface area (Å²) in [5.74, 6) is 0. The Morgan fingerprint density at radius 1 is 1.11 bits per heavy atom. The van der Waals surface area contributed by atoms with Crippen LogP contribution in [-0.2, 0) is 0 Å². The average molecular weight is 237 g/mol. The minimum atomic E-state index is 0.270. The van der Waals surface area contributed by atoms with Crippen LogP contribution in [0.25, 0.3) is 11.0 Å². The van der Waals surface area contributed by atoms with Gasteiger partial charge >= 0.3 is 0 Å². The molecule has 3 nitrogen and oxygen atoms in total. The Bertz CT molecular complexity index is 643. The zero-order chi connectivity index (χ0) is 12.4. The minimum absolute atomic E-state index is 0.270. The summed E-state index contributed by atoms with van der Waals surface area (Å²) in [6.45, 7) is 2.16. The summed E-state index contributed by atoms with van der Waals surface area (Å²) in [5, 5.41) is 4.65. The van der Waals surface area contributed by atoms with Gasteiger partial charge in [-0.15, -0.1) is 0 Å². The minimum Gasteiger partial charge on any atom is -0.378 e. The quantitative estimate of drug-likeness (QED) is 0.728. The molecular weight excluding hydrogens is 222 g/mol. The summed E-state index contributed by atoms with van der Waals surface area (Å²) < 4.78 is 0.